The number of nitrogen functional groups attached to an aromatic ring is 1. The van der Waals surface area contributed by atoms with Gasteiger partial charge in [-0.15, -0.1) is 0 Å². The van der Waals surface area contributed by atoms with Crippen molar-refractivity contribution in [3.05, 3.63) is 67.1 Å². The number of nitro groups is 1. The number of hydrogen-bond acceptors (Lipinski definition) is 5. The van der Waals surface area contributed by atoms with Crippen LogP contribution < -0.4 is 16.0 Å². The molecule has 0 saturated heterocycles. The van der Waals surface area contributed by atoms with E-state index in [0.717, 1.165) is 5.57 Å². The highest BCUT2D eigenvalue weighted by Gasteiger charge is 2.34. The molecule has 2 N–H and O–H groups in total. The summed E-state index contributed by atoms with van der Waals surface area (Å²) >= 11 is 5.99. The van der Waals surface area contributed by atoms with E-state index in [1.54, 1.807) is 6.92 Å². The minimum Gasteiger partial charge on any atom is -0.483 e. The number of rotatable bonds is 2. The Morgan fingerprint density at radius 3 is 2.64 bits per heavy atom. The Balaban J connectivity index is 2.40. The van der Waals surface area contributed by atoms with Crippen molar-refractivity contribution in [1.82, 2.24) is 4.57 Å². The SMILES string of the molecule is CC1=C(n2cc(N)cc(Cl)c2=O)c2cc([N+](=O)[O-])ccc2OC1(C)C. The average molecular weight is 362 g/mol. The summed E-state index contributed by atoms with van der Waals surface area (Å²) < 4.78 is 7.28. The van der Waals surface area contributed by atoms with Gasteiger partial charge >= 0.3 is 0 Å². The van der Waals surface area contributed by atoms with Crippen molar-refractivity contribution in [3.63, 3.8) is 0 Å². The highest BCUT2D eigenvalue weighted by molar-refractivity contribution is 6.30. The zero-order valence-corrected chi connectivity index (χ0v) is 14.6. The van der Waals surface area contributed by atoms with Crippen molar-refractivity contribution in [3.8, 4) is 5.75 Å². The Labute approximate surface area is 148 Å². The maximum atomic E-state index is 12.6. The monoisotopic (exact) mass is 361 g/mol. The molecule has 0 fully saturated rings. The van der Waals surface area contributed by atoms with Crippen LogP contribution in [-0.4, -0.2) is 15.1 Å². The van der Waals surface area contributed by atoms with Gasteiger partial charge in [0, 0.05) is 23.9 Å². The number of nitrogens with zero attached hydrogens (tertiary/aromatic N) is 2. The number of anilines is 1. The largest absolute Gasteiger partial charge is 0.483 e. The number of non-ortho nitro benzene ring substituents is 1. The second kappa shape index (κ2) is 5.63. The fraction of sp³-hybridized carbons (Fsp3) is 0.235. The molecule has 0 aliphatic carbocycles. The van der Waals surface area contributed by atoms with Crippen LogP contribution in [0.3, 0.4) is 0 Å². The summed E-state index contributed by atoms with van der Waals surface area (Å²) in [5.74, 6) is 0.446. The Kier molecular flexibility index (Phi) is 3.84. The zero-order chi connectivity index (χ0) is 18.5. The molecule has 1 aliphatic rings. The van der Waals surface area contributed by atoms with Crippen molar-refractivity contribution in [1.29, 1.82) is 0 Å². The van der Waals surface area contributed by atoms with Crippen LogP contribution in [0, 0.1) is 10.1 Å². The maximum absolute atomic E-state index is 12.6. The van der Waals surface area contributed by atoms with Gasteiger partial charge in [0.1, 0.15) is 16.4 Å². The number of aromatic nitrogens is 1. The van der Waals surface area contributed by atoms with Gasteiger partial charge in [0.2, 0.25) is 0 Å². The second-order valence-corrected chi connectivity index (χ2v) is 6.73. The molecule has 0 saturated carbocycles. The highest BCUT2D eigenvalue weighted by Crippen LogP contribution is 2.42. The van der Waals surface area contributed by atoms with E-state index in [2.05, 4.69) is 0 Å². The lowest BCUT2D eigenvalue weighted by molar-refractivity contribution is -0.384. The zero-order valence-electron chi connectivity index (χ0n) is 13.9. The Morgan fingerprint density at radius 1 is 1.32 bits per heavy atom. The number of halogens is 1. The van der Waals surface area contributed by atoms with E-state index < -0.39 is 16.1 Å². The summed E-state index contributed by atoms with van der Waals surface area (Å²) in [7, 11) is 0. The van der Waals surface area contributed by atoms with Crippen LogP contribution in [0.25, 0.3) is 5.70 Å². The molecule has 3 rings (SSSR count). The van der Waals surface area contributed by atoms with Gasteiger partial charge in [-0.3, -0.25) is 19.5 Å². The highest BCUT2D eigenvalue weighted by atomic mass is 35.5. The average Bonchev–Trinajstić information content (AvgIpc) is 2.52. The van der Waals surface area contributed by atoms with Crippen molar-refractivity contribution in [2.75, 3.05) is 5.73 Å². The van der Waals surface area contributed by atoms with E-state index in [1.165, 1.54) is 35.0 Å². The first-order chi connectivity index (χ1) is 11.6. The third-order valence-corrected chi connectivity index (χ3v) is 4.56. The molecular formula is C17H16ClN3O4. The molecule has 0 atom stereocenters. The van der Waals surface area contributed by atoms with Crippen LogP contribution in [0.5, 0.6) is 5.75 Å². The fourth-order valence-corrected chi connectivity index (χ4v) is 3.01. The molecule has 0 amide bonds. The van der Waals surface area contributed by atoms with Crippen molar-refractivity contribution >= 4 is 28.7 Å². The standard InChI is InChI=1S/C17H16ClN3O4/c1-9-15(20-8-10(19)6-13(18)16(20)22)12-7-11(21(23)24)4-5-14(12)25-17(9,2)3/h4-8H,19H2,1-3H3. The summed E-state index contributed by atoms with van der Waals surface area (Å²) in [5.41, 5.74) is 6.52. The van der Waals surface area contributed by atoms with Crippen molar-refractivity contribution < 1.29 is 9.66 Å². The van der Waals surface area contributed by atoms with Crippen LogP contribution in [0.2, 0.25) is 5.02 Å². The topological polar surface area (TPSA) is 100 Å². The van der Waals surface area contributed by atoms with Crippen LogP contribution in [0.4, 0.5) is 11.4 Å². The molecule has 1 aromatic carbocycles. The van der Waals surface area contributed by atoms with Crippen LogP contribution in [-0.2, 0) is 0 Å². The molecule has 0 bridgehead atoms. The minimum atomic E-state index is -0.713. The van der Waals surface area contributed by atoms with Crippen LogP contribution in [0.15, 0.2) is 40.8 Å². The second-order valence-electron chi connectivity index (χ2n) is 6.32. The quantitative estimate of drug-likeness (QED) is 0.652. The smallest absolute Gasteiger partial charge is 0.274 e. The van der Waals surface area contributed by atoms with E-state index in [0.29, 0.717) is 22.7 Å². The predicted octanol–water partition coefficient (Wildman–Crippen LogP) is 3.44. The van der Waals surface area contributed by atoms with E-state index in [-0.39, 0.29) is 10.7 Å². The molecule has 130 valence electrons. The maximum Gasteiger partial charge on any atom is 0.274 e. The van der Waals surface area contributed by atoms with Gasteiger partial charge in [-0.2, -0.15) is 0 Å². The number of nitro benzene ring substituents is 1. The molecule has 0 spiro atoms. The fourth-order valence-electron chi connectivity index (χ4n) is 2.79. The number of pyridine rings is 1. The first-order valence-corrected chi connectivity index (χ1v) is 7.87. The number of fused-ring (bicyclic) bond motifs is 1. The number of hydrogen-bond donors (Lipinski definition) is 1. The molecule has 0 radical (unpaired) electrons. The Hall–Kier alpha value is -2.80. The van der Waals surface area contributed by atoms with Crippen LogP contribution in [0.1, 0.15) is 26.3 Å². The summed E-state index contributed by atoms with van der Waals surface area (Å²) in [6.07, 6.45) is 1.46. The number of benzene rings is 1. The molecule has 1 aromatic heterocycles. The molecule has 25 heavy (non-hydrogen) atoms. The van der Waals surface area contributed by atoms with Gasteiger partial charge in [-0.1, -0.05) is 11.6 Å². The molecule has 2 heterocycles. The molecule has 8 heteroatoms. The summed E-state index contributed by atoms with van der Waals surface area (Å²) in [6.45, 7) is 5.51. The lowest BCUT2D eigenvalue weighted by Crippen LogP contribution is -2.36. The third kappa shape index (κ3) is 2.76. The molecule has 7 nitrogen and oxygen atoms in total. The minimum absolute atomic E-state index is 0.0309. The Bertz CT molecular complexity index is 992. The van der Waals surface area contributed by atoms with Gasteiger partial charge in [0.15, 0.2) is 0 Å². The van der Waals surface area contributed by atoms with E-state index in [1.807, 2.05) is 13.8 Å². The van der Waals surface area contributed by atoms with Crippen molar-refractivity contribution in [2.24, 2.45) is 0 Å². The number of nitrogens with two attached hydrogens (primary N) is 1. The van der Waals surface area contributed by atoms with Gasteiger partial charge in [0.25, 0.3) is 11.2 Å². The Morgan fingerprint density at radius 2 is 2.00 bits per heavy atom. The van der Waals surface area contributed by atoms with Gasteiger partial charge in [0.05, 0.1) is 16.3 Å². The summed E-state index contributed by atoms with van der Waals surface area (Å²) in [6, 6.07) is 5.64. The third-order valence-electron chi connectivity index (χ3n) is 4.29. The van der Waals surface area contributed by atoms with E-state index in [9.17, 15) is 14.9 Å². The first kappa shape index (κ1) is 17.0. The molecular weight excluding hydrogens is 346 g/mol. The van der Waals surface area contributed by atoms with E-state index >= 15 is 0 Å². The predicted molar refractivity (Wildman–Crippen MR) is 95.9 cm³/mol. The molecule has 1 aliphatic heterocycles. The normalized spacial score (nSPS) is 15.5. The summed E-state index contributed by atoms with van der Waals surface area (Å²) in [4.78, 5) is 23.2. The lowest BCUT2D eigenvalue weighted by atomic mass is 9.90. The van der Waals surface area contributed by atoms with Gasteiger partial charge in [-0.25, -0.2) is 0 Å². The number of ether oxygens (including phenoxy) is 1. The lowest BCUT2D eigenvalue weighted by Gasteiger charge is -2.36. The first-order valence-electron chi connectivity index (χ1n) is 7.49. The van der Waals surface area contributed by atoms with Gasteiger partial charge < -0.3 is 10.5 Å². The van der Waals surface area contributed by atoms with E-state index in [4.69, 9.17) is 22.1 Å². The van der Waals surface area contributed by atoms with Gasteiger partial charge in [-0.05, 0) is 38.5 Å². The molecule has 0 unspecified atom stereocenters. The van der Waals surface area contributed by atoms with Crippen molar-refractivity contribution in [2.45, 2.75) is 26.4 Å². The molecule has 2 aromatic rings. The summed E-state index contributed by atoms with van der Waals surface area (Å²) in [5, 5.41) is 11.1. The van der Waals surface area contributed by atoms with Crippen LogP contribution >= 0.6 is 11.6 Å².